The quantitative estimate of drug-likeness (QED) is 0.0270. The number of carbonyl (C=O) groups excluding carboxylic acids is 11. The molecule has 0 heterocycles. The van der Waals surface area contributed by atoms with Gasteiger partial charge in [0.15, 0.2) is 18.3 Å². The van der Waals surface area contributed by atoms with E-state index in [-0.39, 0.29) is 6.54 Å². The molecule has 0 unspecified atom stereocenters. The highest BCUT2D eigenvalue weighted by Crippen LogP contribution is 2.22. The van der Waals surface area contributed by atoms with Crippen LogP contribution in [0.5, 0.6) is 0 Å². The van der Waals surface area contributed by atoms with Gasteiger partial charge in [0.25, 0.3) is 5.91 Å². The van der Waals surface area contributed by atoms with Crippen LogP contribution in [0.25, 0.3) is 0 Å². The van der Waals surface area contributed by atoms with Crippen LogP contribution in [0, 0.1) is 0 Å². The van der Waals surface area contributed by atoms with Crippen LogP contribution < -0.4 is 31.9 Å². The van der Waals surface area contributed by atoms with Crippen molar-refractivity contribution in [3.8, 4) is 0 Å². The van der Waals surface area contributed by atoms with Crippen LogP contribution >= 0.6 is 0 Å². The fourth-order valence-corrected chi connectivity index (χ4v) is 6.35. The fourth-order valence-electron chi connectivity index (χ4n) is 6.35. The van der Waals surface area contributed by atoms with Gasteiger partial charge in [0.05, 0.1) is 0 Å². The van der Waals surface area contributed by atoms with Crippen molar-refractivity contribution in [1.82, 2.24) is 31.9 Å². The lowest BCUT2D eigenvalue weighted by molar-refractivity contribution is -0.204. The van der Waals surface area contributed by atoms with Crippen LogP contribution in [-0.4, -0.2) is 165 Å². The molecule has 0 fully saturated rings. The molecular weight excluding hydrogens is 1060 g/mol. The lowest BCUT2D eigenvalue weighted by Gasteiger charge is -2.35. The number of amides is 6. The molecule has 0 aliphatic carbocycles. The first kappa shape index (κ1) is 73.2. The van der Waals surface area contributed by atoms with Gasteiger partial charge in [0.2, 0.25) is 6.10 Å². The highest BCUT2D eigenvalue weighted by Gasteiger charge is 2.48. The molecule has 27 nitrogen and oxygen atoms in total. The summed E-state index contributed by atoms with van der Waals surface area (Å²) in [5.41, 5.74) is -5.18. The smallest absolute Gasteiger partial charge is 0.408 e. The molecular formula is C53H92N6O21. The highest BCUT2D eigenvalue weighted by atomic mass is 16.7. The van der Waals surface area contributed by atoms with Gasteiger partial charge in [-0.2, -0.15) is 0 Å². The molecule has 0 saturated carbocycles. The van der Waals surface area contributed by atoms with E-state index in [1.165, 1.54) is 62.3 Å². The normalized spacial score (nSPS) is 13.2. The van der Waals surface area contributed by atoms with E-state index in [1.54, 1.807) is 41.5 Å². The van der Waals surface area contributed by atoms with Crippen LogP contribution in [0.4, 0.5) is 24.0 Å². The standard InChI is InChI=1S/C53H92N6O21/c1-17-18-19-20-21-22-23-24-25-26-27-54-43(65)42(75-39(64)32-59-48(70)80-53(14,15)16)41(74-38(63)31-58-47(69)79-52(11,12)13)40(73-37(62)30-57-46(68)78-51(8,9)10)34(72-36(61)29-56-45(67)77-50(5,6)7)33-71-35(60)28-55-44(66)76-49(2,3)4/h34,40-42H,17-33H2,1-16H3,(H,54,65)(H,55,66)(H,56,67)(H,57,68)(H,58,69)(H,59,70)/t34-,40-,41+,42-/m0/s1. The molecule has 0 aromatic carbocycles. The van der Waals surface area contributed by atoms with E-state index in [9.17, 15) is 52.7 Å². The lowest BCUT2D eigenvalue weighted by atomic mass is 10.0. The molecule has 0 aromatic rings. The number of nitrogens with one attached hydrogen (secondary N) is 6. The molecule has 0 bridgehead atoms. The number of esters is 5. The van der Waals surface area contributed by atoms with Gasteiger partial charge in [-0.1, -0.05) is 64.7 Å². The molecule has 0 spiro atoms. The Balaban J connectivity index is 7.96. The van der Waals surface area contributed by atoms with Crippen molar-refractivity contribution in [2.45, 2.75) is 227 Å². The monoisotopic (exact) mass is 1150 g/mol. The van der Waals surface area contributed by atoms with Gasteiger partial charge in [0.1, 0.15) is 67.3 Å². The summed E-state index contributed by atoms with van der Waals surface area (Å²) < 4.78 is 54.2. The van der Waals surface area contributed by atoms with Crippen molar-refractivity contribution in [2.75, 3.05) is 45.9 Å². The molecule has 0 saturated heterocycles. The van der Waals surface area contributed by atoms with E-state index in [2.05, 4.69) is 38.8 Å². The minimum atomic E-state index is -2.48. The maximum atomic E-state index is 14.6. The topological polar surface area (TPSA) is 352 Å². The molecule has 6 N–H and O–H groups in total. The minimum absolute atomic E-state index is 0.0678. The third-order valence-corrected chi connectivity index (χ3v) is 9.44. The van der Waals surface area contributed by atoms with E-state index < -0.39 is 158 Å². The first-order valence-corrected chi connectivity index (χ1v) is 26.8. The van der Waals surface area contributed by atoms with E-state index in [4.69, 9.17) is 47.4 Å². The van der Waals surface area contributed by atoms with Gasteiger partial charge < -0.3 is 79.3 Å². The molecule has 6 amide bonds. The Hall–Kier alpha value is -6.83. The first-order chi connectivity index (χ1) is 36.8. The summed E-state index contributed by atoms with van der Waals surface area (Å²) in [6, 6.07) is 0. The molecule has 460 valence electrons. The third kappa shape index (κ3) is 40.4. The van der Waals surface area contributed by atoms with Gasteiger partial charge in [-0.05, 0) is 110 Å². The number of unbranched alkanes of at least 4 members (excludes halogenated alkanes) is 9. The summed E-state index contributed by atoms with van der Waals surface area (Å²) in [6.07, 6.45) is -5.71. The van der Waals surface area contributed by atoms with Gasteiger partial charge in [0, 0.05) is 6.54 Å². The van der Waals surface area contributed by atoms with Crippen LogP contribution in [0.3, 0.4) is 0 Å². The zero-order valence-electron chi connectivity index (χ0n) is 49.9. The summed E-state index contributed by atoms with van der Waals surface area (Å²) in [6.45, 7) is 19.1. The predicted octanol–water partition coefficient (Wildman–Crippen LogP) is 5.84. The number of rotatable bonds is 31. The molecule has 80 heavy (non-hydrogen) atoms. The highest BCUT2D eigenvalue weighted by molar-refractivity contribution is 5.87. The van der Waals surface area contributed by atoms with Crippen LogP contribution in [-0.2, 0) is 76.1 Å². The van der Waals surface area contributed by atoms with Gasteiger partial charge in [-0.15, -0.1) is 0 Å². The SMILES string of the molecule is CCCCCCCCCCCCNC(=O)[C@@H](OC(=O)CNC(=O)OC(C)(C)C)[C@H](OC(=O)CNC(=O)OC(C)(C)C)[C@@H](OC(=O)CNC(=O)OC(C)(C)C)[C@H](COC(=O)CNC(=O)OC(C)(C)C)OC(=O)CNC(=O)OC(C)(C)C. The van der Waals surface area contributed by atoms with Crippen molar-refractivity contribution >= 4 is 66.2 Å². The van der Waals surface area contributed by atoms with Crippen molar-refractivity contribution in [3.05, 3.63) is 0 Å². The van der Waals surface area contributed by atoms with E-state index in [0.29, 0.717) is 12.8 Å². The van der Waals surface area contributed by atoms with E-state index in [1.807, 2.05) is 0 Å². The summed E-state index contributed by atoms with van der Waals surface area (Å²) in [4.78, 5) is 147. The van der Waals surface area contributed by atoms with Gasteiger partial charge >= 0.3 is 60.3 Å². The Morgan fingerprint density at radius 3 is 0.963 bits per heavy atom. The van der Waals surface area contributed by atoms with Crippen molar-refractivity contribution in [1.29, 1.82) is 0 Å². The Bertz CT molecular complexity index is 2020. The average molecular weight is 1150 g/mol. The summed E-state index contributed by atoms with van der Waals surface area (Å²) in [5.74, 6) is -8.06. The van der Waals surface area contributed by atoms with Crippen LogP contribution in [0.15, 0.2) is 0 Å². The number of alkyl carbamates (subject to hydrolysis) is 5. The van der Waals surface area contributed by atoms with Crippen molar-refractivity contribution in [2.24, 2.45) is 0 Å². The van der Waals surface area contributed by atoms with Gasteiger partial charge in [-0.25, -0.2) is 24.0 Å². The first-order valence-electron chi connectivity index (χ1n) is 26.8. The molecule has 27 heteroatoms. The van der Waals surface area contributed by atoms with Crippen molar-refractivity contribution < 1.29 is 100 Å². The molecule has 0 radical (unpaired) electrons. The minimum Gasteiger partial charge on any atom is -0.460 e. The van der Waals surface area contributed by atoms with Gasteiger partial charge in [-0.3, -0.25) is 28.8 Å². The molecule has 0 aliphatic rings. The Morgan fingerprint density at radius 1 is 0.338 bits per heavy atom. The zero-order valence-corrected chi connectivity index (χ0v) is 49.9. The number of hydrogen-bond acceptors (Lipinski definition) is 21. The summed E-state index contributed by atoms with van der Waals surface area (Å²) in [7, 11) is 0. The van der Waals surface area contributed by atoms with Crippen molar-refractivity contribution in [3.63, 3.8) is 0 Å². The summed E-state index contributed by atoms with van der Waals surface area (Å²) >= 11 is 0. The predicted molar refractivity (Wildman–Crippen MR) is 287 cm³/mol. The van der Waals surface area contributed by atoms with Crippen LogP contribution in [0.1, 0.15) is 175 Å². The zero-order chi connectivity index (χ0) is 61.5. The van der Waals surface area contributed by atoms with E-state index >= 15 is 0 Å². The molecule has 0 aliphatic heterocycles. The molecule has 0 rings (SSSR count). The van der Waals surface area contributed by atoms with E-state index in [0.717, 1.165) is 51.4 Å². The molecule has 0 aromatic heterocycles. The lowest BCUT2D eigenvalue weighted by Crippen LogP contribution is -2.59. The fraction of sp³-hybridized carbons (Fsp3) is 0.792. The second-order valence-corrected chi connectivity index (χ2v) is 23.3. The number of hydrogen-bond donors (Lipinski definition) is 6. The Labute approximate surface area is 470 Å². The number of carbonyl (C=O) groups is 11. The largest absolute Gasteiger partial charge is 0.460 e. The summed E-state index contributed by atoms with van der Waals surface area (Å²) in [5, 5.41) is 13.5. The second-order valence-electron chi connectivity index (χ2n) is 23.3. The maximum Gasteiger partial charge on any atom is 0.408 e. The Morgan fingerprint density at radius 2 is 0.625 bits per heavy atom. The average Bonchev–Trinajstić information content (AvgIpc) is 3.29. The second kappa shape index (κ2) is 35.7. The Kier molecular flexibility index (Phi) is 32.7. The maximum absolute atomic E-state index is 14.6. The van der Waals surface area contributed by atoms with Crippen LogP contribution in [0.2, 0.25) is 0 Å². The number of ether oxygens (including phenoxy) is 10. The third-order valence-electron chi connectivity index (χ3n) is 9.44. The molecule has 4 atom stereocenters.